The van der Waals surface area contributed by atoms with Crippen molar-refractivity contribution >= 4 is 43.5 Å². The number of fused-ring (bicyclic) bond motifs is 1. The van der Waals surface area contributed by atoms with Crippen molar-refractivity contribution in [2.24, 2.45) is 0 Å². The Morgan fingerprint density at radius 3 is 2.93 bits per heavy atom. The van der Waals surface area contributed by atoms with Crippen LogP contribution in [-0.2, 0) is 0 Å². The zero-order valence-electron chi connectivity index (χ0n) is 7.24. The van der Waals surface area contributed by atoms with E-state index < -0.39 is 5.97 Å². The molecule has 0 saturated heterocycles. The van der Waals surface area contributed by atoms with E-state index in [1.807, 2.05) is 13.0 Å². The van der Waals surface area contributed by atoms with Crippen LogP contribution in [0.4, 0.5) is 0 Å². The van der Waals surface area contributed by atoms with Crippen molar-refractivity contribution in [1.82, 2.24) is 4.98 Å². The molecule has 1 N–H and O–H groups in total. The Morgan fingerprint density at radius 1 is 1.57 bits per heavy atom. The lowest BCUT2D eigenvalue weighted by Gasteiger charge is -1.96. The maximum atomic E-state index is 10.9. The second-order valence-electron chi connectivity index (χ2n) is 2.84. The van der Waals surface area contributed by atoms with Gasteiger partial charge >= 0.3 is 5.97 Å². The van der Waals surface area contributed by atoms with E-state index in [0.29, 0.717) is 5.56 Å². The fraction of sp³-hybridized carbons (Fsp3) is 0.111. The fourth-order valence-electron chi connectivity index (χ4n) is 1.27. The summed E-state index contributed by atoms with van der Waals surface area (Å²) in [6.07, 6.45) is 0. The molecular formula is C9H6BrNO2S. The Morgan fingerprint density at radius 2 is 2.29 bits per heavy atom. The summed E-state index contributed by atoms with van der Waals surface area (Å²) in [5, 5.41) is 9.85. The molecule has 72 valence electrons. The third-order valence-electron chi connectivity index (χ3n) is 1.79. The summed E-state index contributed by atoms with van der Waals surface area (Å²) in [7, 11) is 0. The molecule has 0 atom stereocenters. The number of aromatic carboxylic acids is 1. The first-order valence-corrected chi connectivity index (χ1v) is 5.49. The van der Waals surface area contributed by atoms with Gasteiger partial charge in [-0.3, -0.25) is 0 Å². The van der Waals surface area contributed by atoms with Gasteiger partial charge in [-0.1, -0.05) is 15.9 Å². The van der Waals surface area contributed by atoms with E-state index in [1.54, 1.807) is 6.07 Å². The number of carboxylic acid groups (broad SMARTS) is 1. The number of aryl methyl sites for hydroxylation is 1. The van der Waals surface area contributed by atoms with Gasteiger partial charge in [0.25, 0.3) is 0 Å². The van der Waals surface area contributed by atoms with Crippen LogP contribution in [0.3, 0.4) is 0 Å². The Labute approximate surface area is 92.5 Å². The molecule has 0 amide bonds. The number of hydrogen-bond donors (Lipinski definition) is 1. The first-order chi connectivity index (χ1) is 6.58. The SMILES string of the molecule is Cc1nc2cc(Br)cc(C(=O)O)c2s1. The van der Waals surface area contributed by atoms with Gasteiger partial charge in [-0.2, -0.15) is 0 Å². The van der Waals surface area contributed by atoms with Gasteiger partial charge in [-0.15, -0.1) is 11.3 Å². The van der Waals surface area contributed by atoms with Crippen LogP contribution in [0.25, 0.3) is 10.2 Å². The number of rotatable bonds is 1. The molecule has 0 bridgehead atoms. The normalized spacial score (nSPS) is 10.7. The van der Waals surface area contributed by atoms with Crippen molar-refractivity contribution in [1.29, 1.82) is 0 Å². The molecule has 14 heavy (non-hydrogen) atoms. The lowest BCUT2D eigenvalue weighted by atomic mass is 10.2. The lowest BCUT2D eigenvalue weighted by molar-refractivity contribution is 0.0699. The summed E-state index contributed by atoms with van der Waals surface area (Å²) < 4.78 is 1.48. The number of hydrogen-bond acceptors (Lipinski definition) is 3. The van der Waals surface area contributed by atoms with Gasteiger partial charge in [-0.05, 0) is 19.1 Å². The number of aromatic nitrogens is 1. The zero-order valence-corrected chi connectivity index (χ0v) is 9.65. The van der Waals surface area contributed by atoms with Crippen LogP contribution in [0.5, 0.6) is 0 Å². The molecule has 2 aromatic rings. The minimum atomic E-state index is -0.917. The van der Waals surface area contributed by atoms with Crippen LogP contribution in [-0.4, -0.2) is 16.1 Å². The summed E-state index contributed by atoms with van der Waals surface area (Å²) >= 11 is 4.67. The van der Waals surface area contributed by atoms with E-state index in [1.165, 1.54) is 11.3 Å². The van der Waals surface area contributed by atoms with E-state index in [4.69, 9.17) is 5.11 Å². The minimum absolute atomic E-state index is 0.306. The molecule has 1 aromatic carbocycles. The van der Waals surface area contributed by atoms with Crippen molar-refractivity contribution < 1.29 is 9.90 Å². The molecule has 1 heterocycles. The molecule has 1 aromatic heterocycles. The molecule has 0 fully saturated rings. The van der Waals surface area contributed by atoms with Crippen LogP contribution in [0.15, 0.2) is 16.6 Å². The van der Waals surface area contributed by atoms with Gasteiger partial charge in [0.05, 0.1) is 20.8 Å². The van der Waals surface area contributed by atoms with Crippen LogP contribution >= 0.6 is 27.3 Å². The molecule has 0 spiro atoms. The fourth-order valence-corrected chi connectivity index (χ4v) is 2.62. The highest BCUT2D eigenvalue weighted by Crippen LogP contribution is 2.28. The first kappa shape index (κ1) is 9.61. The van der Waals surface area contributed by atoms with Gasteiger partial charge in [0, 0.05) is 4.47 Å². The highest BCUT2D eigenvalue weighted by Gasteiger charge is 2.12. The molecule has 3 nitrogen and oxygen atoms in total. The van der Waals surface area contributed by atoms with Crippen LogP contribution < -0.4 is 0 Å². The van der Waals surface area contributed by atoms with Crippen LogP contribution in [0, 0.1) is 6.92 Å². The second kappa shape index (κ2) is 3.33. The molecule has 0 radical (unpaired) electrons. The monoisotopic (exact) mass is 271 g/mol. The van der Waals surface area contributed by atoms with Crippen LogP contribution in [0.1, 0.15) is 15.4 Å². The van der Waals surface area contributed by atoms with Gasteiger partial charge in [0.1, 0.15) is 0 Å². The van der Waals surface area contributed by atoms with Crippen LogP contribution in [0.2, 0.25) is 0 Å². The van der Waals surface area contributed by atoms with Crippen molar-refractivity contribution in [2.45, 2.75) is 6.92 Å². The van der Waals surface area contributed by atoms with Gasteiger partial charge in [-0.25, -0.2) is 9.78 Å². The standard InChI is InChI=1S/C9H6BrNO2S/c1-4-11-7-3-5(10)2-6(9(12)13)8(7)14-4/h2-3H,1H3,(H,12,13). The Kier molecular flexibility index (Phi) is 2.28. The molecule has 0 aliphatic heterocycles. The minimum Gasteiger partial charge on any atom is -0.478 e. The van der Waals surface area contributed by atoms with Gasteiger partial charge in [0.15, 0.2) is 0 Å². The molecular weight excluding hydrogens is 266 g/mol. The number of halogens is 1. The Balaban J connectivity index is 2.85. The highest BCUT2D eigenvalue weighted by molar-refractivity contribution is 9.10. The lowest BCUT2D eigenvalue weighted by Crippen LogP contribution is -1.95. The Bertz CT molecular complexity index is 521. The molecule has 2 rings (SSSR count). The smallest absolute Gasteiger partial charge is 0.337 e. The first-order valence-electron chi connectivity index (χ1n) is 3.88. The number of carbonyl (C=O) groups is 1. The average Bonchev–Trinajstić information content (AvgIpc) is 2.42. The van der Waals surface area contributed by atoms with E-state index in [2.05, 4.69) is 20.9 Å². The van der Waals surface area contributed by atoms with Gasteiger partial charge < -0.3 is 5.11 Å². The summed E-state index contributed by atoms with van der Waals surface area (Å²) in [5.41, 5.74) is 1.04. The third kappa shape index (κ3) is 1.53. The number of carboxylic acids is 1. The third-order valence-corrected chi connectivity index (χ3v) is 3.27. The predicted molar refractivity (Wildman–Crippen MR) is 59.0 cm³/mol. The van der Waals surface area contributed by atoms with E-state index in [-0.39, 0.29) is 0 Å². The quantitative estimate of drug-likeness (QED) is 0.867. The van der Waals surface area contributed by atoms with Crippen molar-refractivity contribution in [3.63, 3.8) is 0 Å². The van der Waals surface area contributed by atoms with E-state index in [0.717, 1.165) is 19.7 Å². The molecule has 0 saturated carbocycles. The highest BCUT2D eigenvalue weighted by atomic mass is 79.9. The maximum Gasteiger partial charge on any atom is 0.337 e. The number of benzene rings is 1. The summed E-state index contributed by atoms with van der Waals surface area (Å²) in [5.74, 6) is -0.917. The summed E-state index contributed by atoms with van der Waals surface area (Å²) in [4.78, 5) is 15.2. The second-order valence-corrected chi connectivity index (χ2v) is 4.96. The summed E-state index contributed by atoms with van der Waals surface area (Å²) in [6, 6.07) is 3.42. The topological polar surface area (TPSA) is 50.2 Å². The predicted octanol–water partition coefficient (Wildman–Crippen LogP) is 3.07. The average molecular weight is 272 g/mol. The van der Waals surface area contributed by atoms with Crippen molar-refractivity contribution in [2.75, 3.05) is 0 Å². The zero-order chi connectivity index (χ0) is 10.3. The Hall–Kier alpha value is -0.940. The molecule has 5 heteroatoms. The molecule has 0 unspecified atom stereocenters. The molecule has 0 aliphatic carbocycles. The van der Waals surface area contributed by atoms with Crippen molar-refractivity contribution in [3.8, 4) is 0 Å². The largest absolute Gasteiger partial charge is 0.478 e. The number of nitrogens with zero attached hydrogens (tertiary/aromatic N) is 1. The van der Waals surface area contributed by atoms with Crippen molar-refractivity contribution in [3.05, 3.63) is 27.2 Å². The van der Waals surface area contributed by atoms with E-state index in [9.17, 15) is 4.79 Å². The molecule has 0 aliphatic rings. The number of thiazole rings is 1. The summed E-state index contributed by atoms with van der Waals surface area (Å²) in [6.45, 7) is 1.87. The maximum absolute atomic E-state index is 10.9. The van der Waals surface area contributed by atoms with E-state index >= 15 is 0 Å². The van der Waals surface area contributed by atoms with Gasteiger partial charge in [0.2, 0.25) is 0 Å².